The second kappa shape index (κ2) is 8.66. The minimum atomic E-state index is -0.716. The number of nitrogens with two attached hydrogens (primary N) is 1. The first-order chi connectivity index (χ1) is 14.0. The van der Waals surface area contributed by atoms with Gasteiger partial charge in [0.15, 0.2) is 0 Å². The molecule has 1 aliphatic heterocycles. The van der Waals surface area contributed by atoms with Gasteiger partial charge >= 0.3 is 0 Å². The number of hydrogen-bond donors (Lipinski definition) is 3. The lowest BCUT2D eigenvalue weighted by molar-refractivity contribution is -0.0433. The van der Waals surface area contributed by atoms with Crippen LogP contribution in [0.4, 0.5) is 11.4 Å². The van der Waals surface area contributed by atoms with E-state index >= 15 is 0 Å². The normalized spacial score (nSPS) is 19.3. The van der Waals surface area contributed by atoms with Crippen LogP contribution in [0, 0.1) is 0 Å². The van der Waals surface area contributed by atoms with Gasteiger partial charge in [-0.2, -0.15) is 0 Å². The Bertz CT molecular complexity index is 872. The summed E-state index contributed by atoms with van der Waals surface area (Å²) >= 11 is 0. The number of β-amino-alcohol motifs (C(OH)–C–C–N with tert-alkyl or cyclic N) is 1. The maximum atomic E-state index is 12.5. The van der Waals surface area contributed by atoms with Crippen molar-refractivity contribution in [3.05, 3.63) is 54.1 Å². The molecule has 1 heterocycles. The Kier molecular flexibility index (Phi) is 6.38. The fourth-order valence-electron chi connectivity index (χ4n) is 3.93. The van der Waals surface area contributed by atoms with Crippen LogP contribution in [0.3, 0.4) is 0 Å². The lowest BCUT2D eigenvalue weighted by Crippen LogP contribution is -2.56. The van der Waals surface area contributed by atoms with Crippen LogP contribution in [-0.2, 0) is 0 Å². The third-order valence-electron chi connectivity index (χ3n) is 5.51. The maximum absolute atomic E-state index is 12.5. The molecule has 0 saturated carbocycles. The highest BCUT2D eigenvalue weighted by Crippen LogP contribution is 2.31. The van der Waals surface area contributed by atoms with E-state index in [1.807, 2.05) is 38.1 Å². The summed E-state index contributed by atoms with van der Waals surface area (Å²) in [6, 6.07) is 14.4. The zero-order valence-electron chi connectivity index (χ0n) is 18.3. The number of amides is 1. The summed E-state index contributed by atoms with van der Waals surface area (Å²) in [4.78, 5) is 14.8. The number of ether oxygens (including phenoxy) is 1. The molecule has 4 N–H and O–H groups in total. The molecule has 6 nitrogen and oxygen atoms in total. The van der Waals surface area contributed by atoms with Gasteiger partial charge in [0.1, 0.15) is 11.9 Å². The Morgan fingerprint density at radius 3 is 2.50 bits per heavy atom. The number of nitrogens with one attached hydrogen (secondary N) is 1. The highest BCUT2D eigenvalue weighted by atomic mass is 16.5. The second-order valence-corrected chi connectivity index (χ2v) is 9.34. The quantitative estimate of drug-likeness (QED) is 0.627. The lowest BCUT2D eigenvalue weighted by atomic mass is 9.87. The molecule has 3 rings (SSSR count). The van der Waals surface area contributed by atoms with Crippen molar-refractivity contribution in [2.24, 2.45) is 0 Å². The molecule has 1 saturated heterocycles. The zero-order valence-corrected chi connectivity index (χ0v) is 18.3. The van der Waals surface area contributed by atoms with Gasteiger partial charge in [0.25, 0.3) is 5.91 Å². The highest BCUT2D eigenvalue weighted by molar-refractivity contribution is 6.05. The Labute approximate surface area is 179 Å². The first-order valence-electron chi connectivity index (χ1n) is 10.4. The Morgan fingerprint density at radius 2 is 1.90 bits per heavy atom. The largest absolute Gasteiger partial charge is 0.490 e. The van der Waals surface area contributed by atoms with Gasteiger partial charge in [-0.25, -0.2) is 0 Å². The number of aliphatic hydroxyl groups is 1. The van der Waals surface area contributed by atoms with E-state index in [4.69, 9.17) is 10.5 Å². The van der Waals surface area contributed by atoms with Crippen LogP contribution >= 0.6 is 0 Å². The summed E-state index contributed by atoms with van der Waals surface area (Å²) in [6.45, 7) is 9.59. The van der Waals surface area contributed by atoms with Crippen molar-refractivity contribution in [2.45, 2.75) is 57.8 Å². The SMILES string of the molecule is CC(C)(O)CN1CCC(Oc2ccc(C(=O)Nc3ccccc3N)cc2)CC1(C)C. The van der Waals surface area contributed by atoms with Gasteiger partial charge < -0.3 is 20.9 Å². The van der Waals surface area contributed by atoms with Gasteiger partial charge in [-0.3, -0.25) is 9.69 Å². The predicted octanol–water partition coefficient (Wildman–Crippen LogP) is 3.91. The van der Waals surface area contributed by atoms with Gasteiger partial charge in [0.2, 0.25) is 0 Å². The number of likely N-dealkylation sites (tertiary alicyclic amines) is 1. The van der Waals surface area contributed by atoms with E-state index in [-0.39, 0.29) is 17.6 Å². The van der Waals surface area contributed by atoms with Crippen molar-refractivity contribution in [3.8, 4) is 5.75 Å². The Morgan fingerprint density at radius 1 is 1.23 bits per heavy atom. The average molecular weight is 412 g/mol. The third-order valence-corrected chi connectivity index (χ3v) is 5.51. The molecule has 0 bridgehead atoms. The number of hydrogen-bond acceptors (Lipinski definition) is 5. The summed E-state index contributed by atoms with van der Waals surface area (Å²) < 4.78 is 6.20. The van der Waals surface area contributed by atoms with Crippen molar-refractivity contribution >= 4 is 17.3 Å². The summed E-state index contributed by atoms with van der Waals surface area (Å²) in [5.41, 5.74) is 6.79. The molecule has 0 radical (unpaired) electrons. The number of anilines is 2. The molecule has 6 heteroatoms. The van der Waals surface area contributed by atoms with Crippen LogP contribution in [0.25, 0.3) is 0 Å². The van der Waals surface area contributed by atoms with Crippen LogP contribution in [0.2, 0.25) is 0 Å². The van der Waals surface area contributed by atoms with Crippen LogP contribution in [0.5, 0.6) is 5.75 Å². The number of carbonyl (C=O) groups is 1. The second-order valence-electron chi connectivity index (χ2n) is 9.34. The van der Waals surface area contributed by atoms with Crippen LogP contribution in [0.1, 0.15) is 50.9 Å². The fourth-order valence-corrected chi connectivity index (χ4v) is 3.93. The van der Waals surface area contributed by atoms with E-state index in [1.165, 1.54) is 0 Å². The minimum Gasteiger partial charge on any atom is -0.490 e. The van der Waals surface area contributed by atoms with Crippen LogP contribution < -0.4 is 15.8 Å². The molecule has 30 heavy (non-hydrogen) atoms. The molecule has 1 aliphatic rings. The Balaban J connectivity index is 1.58. The molecule has 1 unspecified atom stereocenters. The van der Waals surface area contributed by atoms with E-state index in [9.17, 15) is 9.90 Å². The van der Waals surface area contributed by atoms with E-state index in [0.717, 1.165) is 25.1 Å². The number of nitrogens with zero attached hydrogens (tertiary/aromatic N) is 1. The number of piperidine rings is 1. The standard InChI is InChI=1S/C24H33N3O3/c1-23(2)15-19(13-14-27(23)16-24(3,4)29)30-18-11-9-17(10-12-18)22(28)26-21-8-6-5-7-20(21)25/h5-12,19,29H,13-16,25H2,1-4H3,(H,26,28). The predicted molar refractivity (Wildman–Crippen MR) is 121 cm³/mol. The highest BCUT2D eigenvalue weighted by Gasteiger charge is 2.37. The number of carbonyl (C=O) groups excluding carboxylic acids is 1. The van der Waals surface area contributed by atoms with Gasteiger partial charge in [-0.15, -0.1) is 0 Å². The van der Waals surface area contributed by atoms with E-state index in [1.54, 1.807) is 24.3 Å². The van der Waals surface area contributed by atoms with Crippen molar-refractivity contribution in [1.29, 1.82) is 0 Å². The van der Waals surface area contributed by atoms with Crippen molar-refractivity contribution in [1.82, 2.24) is 4.90 Å². The van der Waals surface area contributed by atoms with Gasteiger partial charge in [0.05, 0.1) is 17.0 Å². The molecule has 0 spiro atoms. The van der Waals surface area contributed by atoms with E-state index in [0.29, 0.717) is 23.5 Å². The number of benzene rings is 2. The van der Waals surface area contributed by atoms with Crippen LogP contribution in [-0.4, -0.2) is 46.2 Å². The lowest BCUT2D eigenvalue weighted by Gasteiger charge is -2.47. The molecular formula is C24H33N3O3. The molecule has 0 aromatic heterocycles. The molecule has 1 fully saturated rings. The van der Waals surface area contributed by atoms with Crippen molar-refractivity contribution < 1.29 is 14.6 Å². The smallest absolute Gasteiger partial charge is 0.255 e. The molecule has 1 atom stereocenters. The topological polar surface area (TPSA) is 87.8 Å². The first-order valence-corrected chi connectivity index (χ1v) is 10.4. The summed E-state index contributed by atoms with van der Waals surface area (Å²) in [6.07, 6.45) is 1.87. The Hall–Kier alpha value is -2.57. The molecule has 162 valence electrons. The first kappa shape index (κ1) is 22.1. The zero-order chi connectivity index (χ0) is 21.9. The van der Waals surface area contributed by atoms with Crippen molar-refractivity contribution in [3.63, 3.8) is 0 Å². The molecule has 2 aromatic carbocycles. The average Bonchev–Trinajstić information content (AvgIpc) is 2.65. The number of nitrogen functional groups attached to an aromatic ring is 1. The summed E-state index contributed by atoms with van der Waals surface area (Å²) in [5.74, 6) is 0.544. The monoisotopic (exact) mass is 411 g/mol. The third kappa shape index (κ3) is 5.74. The van der Waals surface area contributed by atoms with Gasteiger partial charge in [0, 0.05) is 30.6 Å². The summed E-state index contributed by atoms with van der Waals surface area (Å²) in [5, 5.41) is 13.0. The number of rotatable bonds is 6. The van der Waals surface area contributed by atoms with Crippen molar-refractivity contribution in [2.75, 3.05) is 24.1 Å². The summed E-state index contributed by atoms with van der Waals surface area (Å²) in [7, 11) is 0. The maximum Gasteiger partial charge on any atom is 0.255 e. The van der Waals surface area contributed by atoms with Gasteiger partial charge in [-0.1, -0.05) is 12.1 Å². The van der Waals surface area contributed by atoms with Gasteiger partial charge in [-0.05, 0) is 70.5 Å². The molecule has 0 aliphatic carbocycles. The number of para-hydroxylation sites is 2. The fraction of sp³-hybridized carbons (Fsp3) is 0.458. The molecular weight excluding hydrogens is 378 g/mol. The molecule has 1 amide bonds. The van der Waals surface area contributed by atoms with E-state index < -0.39 is 5.60 Å². The van der Waals surface area contributed by atoms with E-state index in [2.05, 4.69) is 24.1 Å². The molecule has 2 aromatic rings. The minimum absolute atomic E-state index is 0.0572. The van der Waals surface area contributed by atoms with Crippen LogP contribution in [0.15, 0.2) is 48.5 Å².